The van der Waals surface area contributed by atoms with E-state index in [9.17, 15) is 4.79 Å². The van der Waals surface area contributed by atoms with E-state index in [-0.39, 0.29) is 11.4 Å². The van der Waals surface area contributed by atoms with Crippen molar-refractivity contribution in [2.75, 3.05) is 13.1 Å². The molecule has 1 atom stereocenters. The van der Waals surface area contributed by atoms with Crippen LogP contribution >= 0.6 is 0 Å². The molecule has 1 aromatic heterocycles. The van der Waals surface area contributed by atoms with Crippen molar-refractivity contribution in [2.45, 2.75) is 38.6 Å². The molecule has 1 aliphatic heterocycles. The Bertz CT molecular complexity index is 839. The Hall–Kier alpha value is -2.71. The van der Waals surface area contributed by atoms with Gasteiger partial charge in [-0.15, -0.1) is 0 Å². The van der Waals surface area contributed by atoms with Gasteiger partial charge >= 0.3 is 0 Å². The number of primary amides is 1. The number of pyridine rings is 1. The van der Waals surface area contributed by atoms with Crippen LogP contribution in [0.5, 0.6) is 0 Å². The van der Waals surface area contributed by atoms with E-state index in [4.69, 9.17) is 11.0 Å². The number of amides is 1. The zero-order valence-corrected chi connectivity index (χ0v) is 16.0. The number of likely N-dealkylation sites (tertiary alicyclic amines) is 1. The summed E-state index contributed by atoms with van der Waals surface area (Å²) in [7, 11) is 0. The molecule has 0 aliphatic carbocycles. The van der Waals surface area contributed by atoms with E-state index in [0.717, 1.165) is 30.6 Å². The normalized spacial score (nSPS) is 20.3. The second kappa shape index (κ2) is 7.50. The minimum Gasteiger partial charge on any atom is -0.369 e. The van der Waals surface area contributed by atoms with Crippen LogP contribution in [0.2, 0.25) is 0 Å². The van der Waals surface area contributed by atoms with Crippen molar-refractivity contribution in [3.8, 4) is 6.07 Å². The fraction of sp³-hybridized carbons (Fsp3) is 0.409. The van der Waals surface area contributed by atoms with Crippen LogP contribution < -0.4 is 5.73 Å². The van der Waals surface area contributed by atoms with Gasteiger partial charge in [-0.2, -0.15) is 5.26 Å². The van der Waals surface area contributed by atoms with Crippen molar-refractivity contribution >= 4 is 5.91 Å². The highest BCUT2D eigenvalue weighted by atomic mass is 16.1. The SMILES string of the molecule is CC(C)(c1ccccn1)N1CC[C@@](CCc2ccc(C#N)cc2)(C(N)=O)C1. The molecule has 5 heteroatoms. The zero-order chi connectivity index (χ0) is 19.5. The van der Waals surface area contributed by atoms with Crippen LogP contribution in [0.1, 0.15) is 43.5 Å². The lowest BCUT2D eigenvalue weighted by Crippen LogP contribution is -2.45. The summed E-state index contributed by atoms with van der Waals surface area (Å²) in [4.78, 5) is 19.2. The van der Waals surface area contributed by atoms with Gasteiger partial charge in [0, 0.05) is 19.3 Å². The lowest BCUT2D eigenvalue weighted by Gasteiger charge is -2.36. The monoisotopic (exact) mass is 362 g/mol. The summed E-state index contributed by atoms with van der Waals surface area (Å²) in [6.45, 7) is 5.75. The smallest absolute Gasteiger partial charge is 0.224 e. The Balaban J connectivity index is 1.74. The number of benzene rings is 1. The molecule has 1 aliphatic rings. The van der Waals surface area contributed by atoms with Crippen LogP contribution in [0.15, 0.2) is 48.7 Å². The molecule has 1 saturated heterocycles. The maximum absolute atomic E-state index is 12.4. The van der Waals surface area contributed by atoms with Crippen LogP contribution in [0, 0.1) is 16.7 Å². The first-order chi connectivity index (χ1) is 12.9. The molecule has 27 heavy (non-hydrogen) atoms. The number of hydrogen-bond acceptors (Lipinski definition) is 4. The highest BCUT2D eigenvalue weighted by Gasteiger charge is 2.47. The van der Waals surface area contributed by atoms with Crippen LogP contribution in [0.4, 0.5) is 0 Å². The fourth-order valence-electron chi connectivity index (χ4n) is 3.89. The highest BCUT2D eigenvalue weighted by Crippen LogP contribution is 2.40. The fourth-order valence-corrected chi connectivity index (χ4v) is 3.89. The minimum atomic E-state index is -0.528. The van der Waals surface area contributed by atoms with Gasteiger partial charge in [0.2, 0.25) is 5.91 Å². The second-order valence-corrected chi connectivity index (χ2v) is 7.90. The number of rotatable bonds is 6. The maximum Gasteiger partial charge on any atom is 0.224 e. The highest BCUT2D eigenvalue weighted by molar-refractivity contribution is 5.81. The third-order valence-corrected chi connectivity index (χ3v) is 5.93. The number of nitrogens with two attached hydrogens (primary N) is 1. The summed E-state index contributed by atoms with van der Waals surface area (Å²) in [6, 6.07) is 15.6. The Morgan fingerprint density at radius 1 is 1.30 bits per heavy atom. The van der Waals surface area contributed by atoms with Crippen LogP contribution in [-0.4, -0.2) is 28.9 Å². The number of nitriles is 1. The molecule has 0 spiro atoms. The summed E-state index contributed by atoms with van der Waals surface area (Å²) in [5, 5.41) is 8.92. The number of carbonyl (C=O) groups is 1. The van der Waals surface area contributed by atoms with Crippen molar-refractivity contribution < 1.29 is 4.79 Å². The topological polar surface area (TPSA) is 83.0 Å². The van der Waals surface area contributed by atoms with Crippen LogP contribution in [0.25, 0.3) is 0 Å². The molecule has 140 valence electrons. The predicted molar refractivity (Wildman–Crippen MR) is 105 cm³/mol. The molecule has 2 N–H and O–H groups in total. The van der Waals surface area contributed by atoms with E-state index < -0.39 is 5.41 Å². The summed E-state index contributed by atoms with van der Waals surface area (Å²) in [5.41, 5.74) is 7.84. The molecule has 3 rings (SSSR count). The lowest BCUT2D eigenvalue weighted by molar-refractivity contribution is -0.127. The Labute approximate surface area is 160 Å². The molecular formula is C22H26N4O. The van der Waals surface area contributed by atoms with Crippen molar-refractivity contribution in [1.82, 2.24) is 9.88 Å². The average molecular weight is 362 g/mol. The zero-order valence-electron chi connectivity index (χ0n) is 16.0. The quantitative estimate of drug-likeness (QED) is 0.856. The van der Waals surface area contributed by atoms with Gasteiger partial charge in [0.25, 0.3) is 0 Å². The molecule has 0 radical (unpaired) electrons. The molecular weight excluding hydrogens is 336 g/mol. The third-order valence-electron chi connectivity index (χ3n) is 5.93. The summed E-state index contributed by atoms with van der Waals surface area (Å²) >= 11 is 0. The number of aryl methyl sites for hydroxylation is 1. The van der Waals surface area contributed by atoms with Gasteiger partial charge in [-0.3, -0.25) is 14.7 Å². The van der Waals surface area contributed by atoms with E-state index in [1.165, 1.54) is 0 Å². The maximum atomic E-state index is 12.4. The van der Waals surface area contributed by atoms with E-state index in [1.54, 1.807) is 6.20 Å². The molecule has 1 amide bonds. The van der Waals surface area contributed by atoms with Crippen molar-refractivity contribution in [2.24, 2.45) is 11.1 Å². The predicted octanol–water partition coefficient (Wildman–Crippen LogP) is 3.00. The van der Waals surface area contributed by atoms with E-state index >= 15 is 0 Å². The summed E-state index contributed by atoms with van der Waals surface area (Å²) in [5.74, 6) is -0.226. The standard InChI is InChI=1S/C22H26N4O/c1-21(2,19-5-3-4-13-25-19)26-14-12-22(16-26,20(24)27)11-10-17-6-8-18(15-23)9-7-17/h3-9,13H,10-12,14,16H2,1-2H3,(H2,24,27)/t22-/m1/s1. The molecule has 2 aromatic rings. The number of aromatic nitrogens is 1. The van der Waals surface area contributed by atoms with Crippen molar-refractivity contribution in [3.63, 3.8) is 0 Å². The Kier molecular flexibility index (Phi) is 5.29. The van der Waals surface area contributed by atoms with Crippen molar-refractivity contribution in [1.29, 1.82) is 5.26 Å². The van der Waals surface area contributed by atoms with Gasteiger partial charge < -0.3 is 5.73 Å². The molecule has 0 saturated carbocycles. The average Bonchev–Trinajstić information content (AvgIpc) is 3.14. The largest absolute Gasteiger partial charge is 0.369 e. The van der Waals surface area contributed by atoms with Gasteiger partial charge in [0.1, 0.15) is 0 Å². The molecule has 1 aromatic carbocycles. The molecule has 2 heterocycles. The van der Waals surface area contributed by atoms with Crippen LogP contribution in [0.3, 0.4) is 0 Å². The third kappa shape index (κ3) is 3.86. The summed E-state index contributed by atoms with van der Waals surface area (Å²) < 4.78 is 0. The van der Waals surface area contributed by atoms with E-state index in [2.05, 4.69) is 29.8 Å². The minimum absolute atomic E-state index is 0.226. The van der Waals surface area contributed by atoms with Gasteiger partial charge in [0.15, 0.2) is 0 Å². The number of hydrogen-bond donors (Lipinski definition) is 1. The first-order valence-corrected chi connectivity index (χ1v) is 9.33. The second-order valence-electron chi connectivity index (χ2n) is 7.90. The van der Waals surface area contributed by atoms with E-state index in [1.807, 2.05) is 42.5 Å². The number of nitrogens with zero attached hydrogens (tertiary/aromatic N) is 3. The summed E-state index contributed by atoms with van der Waals surface area (Å²) in [6.07, 6.45) is 4.05. The number of carbonyl (C=O) groups excluding carboxylic acids is 1. The van der Waals surface area contributed by atoms with Crippen molar-refractivity contribution in [3.05, 3.63) is 65.5 Å². The van der Waals surface area contributed by atoms with Crippen LogP contribution in [-0.2, 0) is 16.8 Å². The van der Waals surface area contributed by atoms with Gasteiger partial charge in [0.05, 0.1) is 28.3 Å². The molecule has 5 nitrogen and oxygen atoms in total. The van der Waals surface area contributed by atoms with Gasteiger partial charge in [-0.1, -0.05) is 18.2 Å². The Morgan fingerprint density at radius 3 is 2.63 bits per heavy atom. The molecule has 1 fully saturated rings. The van der Waals surface area contributed by atoms with Gasteiger partial charge in [-0.25, -0.2) is 0 Å². The molecule has 0 bridgehead atoms. The lowest BCUT2D eigenvalue weighted by atomic mass is 9.80. The first kappa shape index (κ1) is 19.1. The first-order valence-electron chi connectivity index (χ1n) is 9.33. The van der Waals surface area contributed by atoms with Gasteiger partial charge in [-0.05, 0) is 62.9 Å². The molecule has 0 unspecified atom stereocenters. The Morgan fingerprint density at radius 2 is 2.04 bits per heavy atom. The van der Waals surface area contributed by atoms with E-state index in [0.29, 0.717) is 18.5 Å².